The minimum Gasteiger partial charge on any atom is -0.354 e. The Balaban J connectivity index is 1.32. The number of hydrogen-bond donors (Lipinski definition) is 1. The molecule has 0 atom stereocenters. The predicted octanol–water partition coefficient (Wildman–Crippen LogP) is 3.25. The average Bonchev–Trinajstić information content (AvgIpc) is 3.04. The van der Waals surface area contributed by atoms with Crippen molar-refractivity contribution in [1.82, 2.24) is 20.2 Å². The summed E-state index contributed by atoms with van der Waals surface area (Å²) in [6, 6.07) is 12.7. The molecule has 6 nitrogen and oxygen atoms in total. The van der Waals surface area contributed by atoms with Crippen molar-refractivity contribution in [3.8, 4) is 0 Å². The molecule has 0 radical (unpaired) electrons. The van der Waals surface area contributed by atoms with Crippen molar-refractivity contribution in [1.29, 1.82) is 0 Å². The Hall–Kier alpha value is -2.47. The van der Waals surface area contributed by atoms with Crippen molar-refractivity contribution < 1.29 is 4.79 Å². The zero-order valence-corrected chi connectivity index (χ0v) is 17.1. The highest BCUT2D eigenvalue weighted by molar-refractivity contribution is 5.93. The van der Waals surface area contributed by atoms with Crippen LogP contribution in [0.1, 0.15) is 54.6 Å². The lowest BCUT2D eigenvalue weighted by Crippen LogP contribution is -2.46. The van der Waals surface area contributed by atoms with Crippen molar-refractivity contribution in [3.05, 3.63) is 54.0 Å². The predicted molar refractivity (Wildman–Crippen MR) is 115 cm³/mol. The molecule has 2 fully saturated rings. The number of rotatable bonds is 5. The van der Waals surface area contributed by atoms with Gasteiger partial charge in [-0.3, -0.25) is 9.69 Å². The molecule has 0 bridgehead atoms. The molecule has 1 saturated carbocycles. The van der Waals surface area contributed by atoms with Crippen LogP contribution in [-0.2, 0) is 6.54 Å². The van der Waals surface area contributed by atoms with Crippen LogP contribution < -0.4 is 10.2 Å². The van der Waals surface area contributed by atoms with Crippen molar-refractivity contribution in [2.75, 3.05) is 31.1 Å². The summed E-state index contributed by atoms with van der Waals surface area (Å²) in [7, 11) is 0. The Kier molecular flexibility index (Phi) is 6.72. The smallest absolute Gasteiger partial charge is 0.270 e. The van der Waals surface area contributed by atoms with Crippen LogP contribution in [0.15, 0.2) is 42.7 Å². The number of nitrogens with one attached hydrogen (secondary N) is 1. The normalized spacial score (nSPS) is 19.0. The molecule has 1 amide bonds. The number of amides is 1. The highest BCUT2D eigenvalue weighted by atomic mass is 16.1. The Morgan fingerprint density at radius 3 is 2.41 bits per heavy atom. The summed E-state index contributed by atoms with van der Waals surface area (Å²) in [5.74, 6) is 0.786. The van der Waals surface area contributed by atoms with Crippen LogP contribution in [0.2, 0.25) is 0 Å². The largest absolute Gasteiger partial charge is 0.354 e. The van der Waals surface area contributed by atoms with Gasteiger partial charge in [0.2, 0.25) is 0 Å². The van der Waals surface area contributed by atoms with E-state index in [4.69, 9.17) is 0 Å². The number of nitrogens with zero attached hydrogens (tertiary/aromatic N) is 4. The topological polar surface area (TPSA) is 61.4 Å². The highest BCUT2D eigenvalue weighted by Gasteiger charge is 2.21. The summed E-state index contributed by atoms with van der Waals surface area (Å²) < 4.78 is 0. The van der Waals surface area contributed by atoms with Gasteiger partial charge in [0.15, 0.2) is 0 Å². The lowest BCUT2D eigenvalue weighted by atomic mass is 10.1. The summed E-state index contributed by atoms with van der Waals surface area (Å²) in [4.78, 5) is 26.1. The van der Waals surface area contributed by atoms with Crippen molar-refractivity contribution in [2.24, 2.45) is 0 Å². The number of piperazine rings is 1. The van der Waals surface area contributed by atoms with Gasteiger partial charge in [0.1, 0.15) is 17.8 Å². The molecule has 1 aromatic carbocycles. The minimum absolute atomic E-state index is 0.0664. The zero-order valence-electron chi connectivity index (χ0n) is 17.1. The lowest BCUT2D eigenvalue weighted by molar-refractivity contribution is 0.0928. The second-order valence-electron chi connectivity index (χ2n) is 8.17. The molecular formula is C23H31N5O. The third-order valence-corrected chi connectivity index (χ3v) is 6.02. The van der Waals surface area contributed by atoms with Crippen LogP contribution in [0.4, 0.5) is 5.82 Å². The Morgan fingerprint density at radius 2 is 1.69 bits per heavy atom. The molecule has 1 aliphatic heterocycles. The van der Waals surface area contributed by atoms with E-state index >= 15 is 0 Å². The minimum atomic E-state index is -0.0664. The SMILES string of the molecule is O=C(NC1CCCCCC1)c1cc(N2CCN(Cc3ccccc3)CC2)ncn1. The Bertz CT molecular complexity index is 781. The molecule has 154 valence electrons. The molecular weight excluding hydrogens is 362 g/mol. The Morgan fingerprint density at radius 1 is 0.966 bits per heavy atom. The van der Waals surface area contributed by atoms with E-state index < -0.39 is 0 Å². The van der Waals surface area contributed by atoms with Crippen molar-refractivity contribution in [2.45, 2.75) is 51.1 Å². The van der Waals surface area contributed by atoms with E-state index in [0.29, 0.717) is 5.69 Å². The number of carbonyl (C=O) groups is 1. The molecule has 0 spiro atoms. The van der Waals surface area contributed by atoms with Gasteiger partial charge in [-0.2, -0.15) is 0 Å². The summed E-state index contributed by atoms with van der Waals surface area (Å²) in [6.07, 6.45) is 8.63. The highest BCUT2D eigenvalue weighted by Crippen LogP contribution is 2.19. The number of benzene rings is 1. The maximum absolute atomic E-state index is 12.7. The monoisotopic (exact) mass is 393 g/mol. The first-order valence-electron chi connectivity index (χ1n) is 10.9. The van der Waals surface area contributed by atoms with Gasteiger partial charge in [0.25, 0.3) is 5.91 Å². The molecule has 1 N–H and O–H groups in total. The van der Waals surface area contributed by atoms with E-state index in [0.717, 1.165) is 51.4 Å². The fourth-order valence-electron chi connectivity index (χ4n) is 4.30. The van der Waals surface area contributed by atoms with Crippen molar-refractivity contribution >= 4 is 11.7 Å². The fraction of sp³-hybridized carbons (Fsp3) is 0.522. The third-order valence-electron chi connectivity index (χ3n) is 6.02. The van der Waals surface area contributed by atoms with Gasteiger partial charge in [-0.05, 0) is 18.4 Å². The standard InChI is InChI=1S/C23H31N5O/c29-23(26-20-10-6-1-2-7-11-20)21-16-22(25-18-24-21)28-14-12-27(13-15-28)17-19-8-4-3-5-9-19/h3-5,8-9,16,18,20H,1-2,6-7,10-15,17H2,(H,26,29). The number of hydrogen-bond acceptors (Lipinski definition) is 5. The van der Waals surface area contributed by atoms with Crippen LogP contribution >= 0.6 is 0 Å². The molecule has 6 heteroatoms. The van der Waals surface area contributed by atoms with Gasteiger partial charge in [0, 0.05) is 44.8 Å². The van der Waals surface area contributed by atoms with Crippen LogP contribution in [0, 0.1) is 0 Å². The molecule has 2 aromatic rings. The van der Waals surface area contributed by atoms with Gasteiger partial charge >= 0.3 is 0 Å². The van der Waals surface area contributed by atoms with Crippen LogP contribution in [0.5, 0.6) is 0 Å². The Labute approximate surface area is 173 Å². The van der Waals surface area contributed by atoms with E-state index in [1.807, 2.05) is 6.07 Å². The molecule has 2 aliphatic rings. The zero-order chi connectivity index (χ0) is 19.9. The summed E-state index contributed by atoms with van der Waals surface area (Å²) in [6.45, 7) is 4.78. The van der Waals surface area contributed by atoms with Gasteiger partial charge in [-0.25, -0.2) is 9.97 Å². The maximum Gasteiger partial charge on any atom is 0.270 e. The van der Waals surface area contributed by atoms with Crippen LogP contribution in [0.25, 0.3) is 0 Å². The molecule has 0 unspecified atom stereocenters. The second kappa shape index (κ2) is 9.83. The van der Waals surface area contributed by atoms with Gasteiger partial charge < -0.3 is 10.2 Å². The molecule has 1 aromatic heterocycles. The molecule has 2 heterocycles. The molecule has 1 aliphatic carbocycles. The number of carbonyl (C=O) groups excluding carboxylic acids is 1. The van der Waals surface area contributed by atoms with E-state index in [2.05, 4.69) is 55.4 Å². The van der Waals surface area contributed by atoms with E-state index in [1.54, 1.807) is 0 Å². The third kappa shape index (κ3) is 5.54. The quantitative estimate of drug-likeness (QED) is 0.790. The van der Waals surface area contributed by atoms with E-state index in [9.17, 15) is 4.79 Å². The summed E-state index contributed by atoms with van der Waals surface area (Å²) in [5.41, 5.74) is 1.83. The van der Waals surface area contributed by atoms with Gasteiger partial charge in [-0.1, -0.05) is 56.0 Å². The summed E-state index contributed by atoms with van der Waals surface area (Å²) >= 11 is 0. The molecule has 4 rings (SSSR count). The second-order valence-corrected chi connectivity index (χ2v) is 8.17. The fourth-order valence-corrected chi connectivity index (χ4v) is 4.30. The molecule has 29 heavy (non-hydrogen) atoms. The average molecular weight is 394 g/mol. The first kappa shape index (κ1) is 19.8. The van der Waals surface area contributed by atoms with E-state index in [-0.39, 0.29) is 11.9 Å². The van der Waals surface area contributed by atoms with Crippen molar-refractivity contribution in [3.63, 3.8) is 0 Å². The van der Waals surface area contributed by atoms with Crippen LogP contribution in [-0.4, -0.2) is 53.0 Å². The van der Waals surface area contributed by atoms with Gasteiger partial charge in [-0.15, -0.1) is 0 Å². The number of anilines is 1. The molecule has 1 saturated heterocycles. The number of aromatic nitrogens is 2. The summed E-state index contributed by atoms with van der Waals surface area (Å²) in [5, 5.41) is 3.18. The van der Waals surface area contributed by atoms with Crippen LogP contribution in [0.3, 0.4) is 0 Å². The van der Waals surface area contributed by atoms with Gasteiger partial charge in [0.05, 0.1) is 0 Å². The first-order valence-corrected chi connectivity index (χ1v) is 10.9. The lowest BCUT2D eigenvalue weighted by Gasteiger charge is -2.35. The first-order chi connectivity index (χ1) is 14.3. The maximum atomic E-state index is 12.7. The van der Waals surface area contributed by atoms with E-state index in [1.165, 1.54) is 37.6 Å².